The molecular weight excluding hydrogens is 296 g/mol. The number of rotatable bonds is 6. The Morgan fingerprint density at radius 1 is 1.35 bits per heavy atom. The molecule has 0 atom stereocenters. The van der Waals surface area contributed by atoms with Crippen LogP contribution in [-0.2, 0) is 4.79 Å². The third-order valence-electron chi connectivity index (χ3n) is 4.49. The van der Waals surface area contributed by atoms with Gasteiger partial charge in [0, 0.05) is 19.7 Å². The molecule has 1 amide bonds. The third kappa shape index (κ3) is 4.68. The highest BCUT2D eigenvalue weighted by Gasteiger charge is 2.19. The van der Waals surface area contributed by atoms with Gasteiger partial charge in [0.1, 0.15) is 5.75 Å². The van der Waals surface area contributed by atoms with E-state index in [-0.39, 0.29) is 18.2 Å². The summed E-state index contributed by atoms with van der Waals surface area (Å²) in [5.41, 5.74) is 0.450. The molecule has 0 aromatic heterocycles. The molecule has 0 radical (unpaired) electrons. The Balaban J connectivity index is 1.88. The maximum atomic E-state index is 12.2. The molecule has 0 unspecified atom stereocenters. The van der Waals surface area contributed by atoms with Crippen molar-refractivity contribution >= 4 is 11.6 Å². The van der Waals surface area contributed by atoms with Crippen LogP contribution in [-0.4, -0.2) is 35.9 Å². The molecule has 1 fully saturated rings. The topological polar surface area (TPSA) is 72.7 Å². The van der Waals surface area contributed by atoms with E-state index < -0.39 is 4.92 Å². The van der Waals surface area contributed by atoms with Crippen LogP contribution >= 0.6 is 0 Å². The smallest absolute Gasteiger partial charge is 0.276 e. The highest BCUT2D eigenvalue weighted by molar-refractivity contribution is 5.77. The minimum Gasteiger partial charge on any atom is -0.483 e. The molecule has 0 N–H and O–H groups in total. The van der Waals surface area contributed by atoms with Crippen LogP contribution in [0.15, 0.2) is 18.2 Å². The molecule has 0 aliphatic heterocycles. The summed E-state index contributed by atoms with van der Waals surface area (Å²) in [5, 5.41) is 10.9. The minimum absolute atomic E-state index is 0.00510. The number of benzene rings is 1. The van der Waals surface area contributed by atoms with E-state index in [9.17, 15) is 14.9 Å². The second kappa shape index (κ2) is 7.94. The van der Waals surface area contributed by atoms with Crippen molar-refractivity contribution < 1.29 is 14.5 Å². The maximum absolute atomic E-state index is 12.2. The van der Waals surface area contributed by atoms with Crippen LogP contribution in [0.25, 0.3) is 0 Å². The molecule has 0 spiro atoms. The Bertz CT molecular complexity index is 568. The summed E-state index contributed by atoms with van der Waals surface area (Å²) in [6.45, 7) is 2.30. The van der Waals surface area contributed by atoms with Crippen LogP contribution in [0.2, 0.25) is 0 Å². The molecule has 126 valence electrons. The third-order valence-corrected chi connectivity index (χ3v) is 4.49. The van der Waals surface area contributed by atoms with Gasteiger partial charge < -0.3 is 9.64 Å². The Labute approximate surface area is 136 Å². The van der Waals surface area contributed by atoms with Gasteiger partial charge in [0.05, 0.1) is 10.5 Å². The molecular formula is C17H24N2O4. The Hall–Kier alpha value is -2.11. The van der Waals surface area contributed by atoms with E-state index in [2.05, 4.69) is 0 Å². The number of nitro groups is 1. The fourth-order valence-electron chi connectivity index (χ4n) is 3.07. The number of hydrogen-bond donors (Lipinski definition) is 0. The SMILES string of the molecule is Cc1c(OCC(=O)N(C)CC2CCCCC2)cccc1[N+](=O)[O-]. The first kappa shape index (κ1) is 17.2. The van der Waals surface area contributed by atoms with Crippen molar-refractivity contribution in [3.8, 4) is 5.75 Å². The Morgan fingerprint density at radius 3 is 2.70 bits per heavy atom. The van der Waals surface area contributed by atoms with E-state index in [0.717, 1.165) is 6.54 Å². The predicted octanol–water partition coefficient (Wildman–Crippen LogP) is 3.32. The van der Waals surface area contributed by atoms with Crippen LogP contribution in [0.3, 0.4) is 0 Å². The van der Waals surface area contributed by atoms with Gasteiger partial charge in [-0.05, 0) is 31.7 Å². The van der Waals surface area contributed by atoms with Crippen molar-refractivity contribution in [3.63, 3.8) is 0 Å². The van der Waals surface area contributed by atoms with Gasteiger partial charge in [-0.1, -0.05) is 25.3 Å². The molecule has 23 heavy (non-hydrogen) atoms. The molecule has 0 heterocycles. The zero-order valence-electron chi connectivity index (χ0n) is 13.8. The van der Waals surface area contributed by atoms with E-state index in [1.54, 1.807) is 31.0 Å². The van der Waals surface area contributed by atoms with Crippen LogP contribution in [0, 0.1) is 23.0 Å². The van der Waals surface area contributed by atoms with Gasteiger partial charge in [0.2, 0.25) is 0 Å². The van der Waals surface area contributed by atoms with E-state index in [4.69, 9.17) is 4.74 Å². The lowest BCUT2D eigenvalue weighted by Gasteiger charge is -2.27. The van der Waals surface area contributed by atoms with Crippen molar-refractivity contribution in [2.24, 2.45) is 5.92 Å². The van der Waals surface area contributed by atoms with E-state index in [0.29, 0.717) is 17.2 Å². The molecule has 2 rings (SSSR count). The summed E-state index contributed by atoms with van der Waals surface area (Å²) in [5.74, 6) is 0.873. The molecule has 1 aromatic rings. The number of nitrogens with zero attached hydrogens (tertiary/aromatic N) is 2. The number of carbonyl (C=O) groups is 1. The number of likely N-dealkylation sites (N-methyl/N-ethyl adjacent to an activating group) is 1. The number of nitro benzene ring substituents is 1. The van der Waals surface area contributed by atoms with Gasteiger partial charge >= 0.3 is 0 Å². The maximum Gasteiger partial charge on any atom is 0.276 e. The standard InChI is InChI=1S/C17H24N2O4/c1-13-15(19(21)22)9-6-10-16(13)23-12-17(20)18(2)11-14-7-4-3-5-8-14/h6,9-10,14H,3-5,7-8,11-12H2,1-2H3. The summed E-state index contributed by atoms with van der Waals surface area (Å²) in [6, 6.07) is 4.65. The zero-order valence-corrected chi connectivity index (χ0v) is 13.8. The number of hydrogen-bond acceptors (Lipinski definition) is 4. The summed E-state index contributed by atoms with van der Waals surface area (Å²) in [7, 11) is 1.79. The van der Waals surface area contributed by atoms with E-state index in [1.807, 2.05) is 0 Å². The number of ether oxygens (including phenoxy) is 1. The second-order valence-electron chi connectivity index (χ2n) is 6.22. The molecule has 1 aliphatic carbocycles. The minimum atomic E-state index is -0.445. The van der Waals surface area contributed by atoms with Gasteiger partial charge in [0.15, 0.2) is 6.61 Å². The highest BCUT2D eigenvalue weighted by Crippen LogP contribution is 2.27. The van der Waals surface area contributed by atoms with Crippen molar-refractivity contribution in [1.29, 1.82) is 0 Å². The molecule has 0 bridgehead atoms. The monoisotopic (exact) mass is 320 g/mol. The summed E-state index contributed by atoms with van der Waals surface area (Å²) < 4.78 is 5.50. The Kier molecular flexibility index (Phi) is 5.96. The van der Waals surface area contributed by atoms with E-state index >= 15 is 0 Å². The van der Waals surface area contributed by atoms with Gasteiger partial charge in [-0.15, -0.1) is 0 Å². The molecule has 6 heteroatoms. The molecule has 1 aromatic carbocycles. The molecule has 1 saturated carbocycles. The lowest BCUT2D eigenvalue weighted by molar-refractivity contribution is -0.385. The summed E-state index contributed by atoms with van der Waals surface area (Å²) in [6.07, 6.45) is 6.15. The second-order valence-corrected chi connectivity index (χ2v) is 6.22. The largest absolute Gasteiger partial charge is 0.483 e. The molecule has 6 nitrogen and oxygen atoms in total. The van der Waals surface area contributed by atoms with E-state index in [1.165, 1.54) is 38.2 Å². The number of amides is 1. The average Bonchev–Trinajstić information content (AvgIpc) is 2.54. The fourth-order valence-corrected chi connectivity index (χ4v) is 3.07. The molecule has 1 aliphatic rings. The quantitative estimate of drug-likeness (QED) is 0.595. The van der Waals surface area contributed by atoms with Crippen molar-refractivity contribution in [2.45, 2.75) is 39.0 Å². The zero-order chi connectivity index (χ0) is 16.8. The first-order valence-corrected chi connectivity index (χ1v) is 8.10. The fraction of sp³-hybridized carbons (Fsp3) is 0.588. The Morgan fingerprint density at radius 2 is 2.04 bits per heavy atom. The van der Waals surface area contributed by atoms with Gasteiger partial charge in [0.25, 0.3) is 11.6 Å². The van der Waals surface area contributed by atoms with Crippen molar-refractivity contribution in [1.82, 2.24) is 4.90 Å². The highest BCUT2D eigenvalue weighted by atomic mass is 16.6. The van der Waals surface area contributed by atoms with Gasteiger partial charge in [-0.3, -0.25) is 14.9 Å². The van der Waals surface area contributed by atoms with Crippen LogP contribution in [0.4, 0.5) is 5.69 Å². The van der Waals surface area contributed by atoms with Crippen molar-refractivity contribution in [2.75, 3.05) is 20.2 Å². The number of carbonyl (C=O) groups excluding carboxylic acids is 1. The van der Waals surface area contributed by atoms with Crippen molar-refractivity contribution in [3.05, 3.63) is 33.9 Å². The van der Waals surface area contributed by atoms with Crippen LogP contribution < -0.4 is 4.74 Å². The lowest BCUT2D eigenvalue weighted by Crippen LogP contribution is -2.35. The van der Waals surface area contributed by atoms with Gasteiger partial charge in [-0.25, -0.2) is 0 Å². The lowest BCUT2D eigenvalue weighted by atomic mass is 9.89. The predicted molar refractivity (Wildman–Crippen MR) is 87.5 cm³/mol. The van der Waals surface area contributed by atoms with Crippen LogP contribution in [0.1, 0.15) is 37.7 Å². The van der Waals surface area contributed by atoms with Gasteiger partial charge in [-0.2, -0.15) is 0 Å². The molecule has 0 saturated heterocycles. The summed E-state index contributed by atoms with van der Waals surface area (Å²) in [4.78, 5) is 24.4. The first-order valence-electron chi connectivity index (χ1n) is 8.10. The normalized spacial score (nSPS) is 15.2. The average molecular weight is 320 g/mol. The summed E-state index contributed by atoms with van der Waals surface area (Å²) >= 11 is 0. The van der Waals surface area contributed by atoms with Crippen LogP contribution in [0.5, 0.6) is 5.75 Å². The first-order chi connectivity index (χ1) is 11.0.